The predicted octanol–water partition coefficient (Wildman–Crippen LogP) is 1.33. The number of piperazine rings is 1. The van der Waals surface area contributed by atoms with Crippen molar-refractivity contribution in [1.29, 1.82) is 0 Å². The van der Waals surface area contributed by atoms with Gasteiger partial charge in [-0.3, -0.25) is 4.90 Å². The van der Waals surface area contributed by atoms with E-state index in [1.165, 1.54) is 0 Å². The van der Waals surface area contributed by atoms with E-state index >= 15 is 0 Å². The van der Waals surface area contributed by atoms with Crippen molar-refractivity contribution in [1.82, 2.24) is 9.80 Å². The van der Waals surface area contributed by atoms with Crippen molar-refractivity contribution in [2.45, 2.75) is 13.0 Å². The molecule has 0 aliphatic carbocycles. The fraction of sp³-hybridized carbons (Fsp3) is 0.600. The Morgan fingerprint density at radius 1 is 1.26 bits per heavy atom. The van der Waals surface area contributed by atoms with Gasteiger partial charge in [-0.2, -0.15) is 0 Å². The molecule has 0 radical (unpaired) electrons. The molecular weight excluding hydrogens is 238 g/mol. The molecule has 4 heteroatoms. The van der Waals surface area contributed by atoms with Crippen molar-refractivity contribution in [3.8, 4) is 5.75 Å². The minimum atomic E-state index is 0.0566. The van der Waals surface area contributed by atoms with Crippen molar-refractivity contribution in [3.05, 3.63) is 29.8 Å². The first-order chi connectivity index (χ1) is 9.15. The zero-order valence-electron chi connectivity index (χ0n) is 12.0. The van der Waals surface area contributed by atoms with E-state index in [1.807, 2.05) is 31.2 Å². The fourth-order valence-electron chi connectivity index (χ4n) is 2.25. The molecule has 0 bridgehead atoms. The lowest BCUT2D eigenvalue weighted by atomic mass is 10.1. The van der Waals surface area contributed by atoms with Gasteiger partial charge < -0.3 is 15.4 Å². The fourth-order valence-corrected chi connectivity index (χ4v) is 2.25. The van der Waals surface area contributed by atoms with E-state index in [1.54, 1.807) is 0 Å². The van der Waals surface area contributed by atoms with Gasteiger partial charge in [-0.05, 0) is 31.7 Å². The molecular formula is C15H25N3O. The standard InChI is InChI=1S/C15H25N3O/c1-13(16)14-4-3-5-15(12-14)19-11-10-18-8-6-17(2)7-9-18/h3-5,12-13H,6-11,16H2,1-2H3/t13-/m1/s1. The van der Waals surface area contributed by atoms with Gasteiger partial charge in [0, 0.05) is 38.8 Å². The number of benzene rings is 1. The van der Waals surface area contributed by atoms with Crippen LogP contribution in [-0.4, -0.2) is 56.2 Å². The quantitative estimate of drug-likeness (QED) is 0.870. The molecule has 2 N–H and O–H groups in total. The van der Waals surface area contributed by atoms with Crippen LogP contribution >= 0.6 is 0 Å². The molecule has 0 unspecified atom stereocenters. The highest BCUT2D eigenvalue weighted by molar-refractivity contribution is 5.30. The van der Waals surface area contributed by atoms with Crippen molar-refractivity contribution < 1.29 is 4.74 Å². The van der Waals surface area contributed by atoms with Crippen LogP contribution in [-0.2, 0) is 0 Å². The van der Waals surface area contributed by atoms with E-state index in [4.69, 9.17) is 10.5 Å². The molecule has 0 aromatic heterocycles. The van der Waals surface area contributed by atoms with Crippen LogP contribution in [0.4, 0.5) is 0 Å². The predicted molar refractivity (Wildman–Crippen MR) is 78.5 cm³/mol. The molecule has 1 aliphatic rings. The van der Waals surface area contributed by atoms with Crippen LogP contribution < -0.4 is 10.5 Å². The molecule has 106 valence electrons. The van der Waals surface area contributed by atoms with E-state index in [2.05, 4.69) is 16.8 Å². The van der Waals surface area contributed by atoms with E-state index in [0.717, 1.165) is 50.6 Å². The van der Waals surface area contributed by atoms with Gasteiger partial charge in [0.05, 0.1) is 0 Å². The molecule has 0 amide bonds. The Balaban J connectivity index is 1.75. The Kier molecular flexibility index (Phi) is 5.19. The van der Waals surface area contributed by atoms with Gasteiger partial charge >= 0.3 is 0 Å². The Morgan fingerprint density at radius 2 is 2.00 bits per heavy atom. The average Bonchev–Trinajstić information content (AvgIpc) is 2.41. The summed E-state index contributed by atoms with van der Waals surface area (Å²) in [6.07, 6.45) is 0. The summed E-state index contributed by atoms with van der Waals surface area (Å²) in [7, 11) is 2.17. The van der Waals surface area contributed by atoms with E-state index in [-0.39, 0.29) is 6.04 Å². The summed E-state index contributed by atoms with van der Waals surface area (Å²) in [6, 6.07) is 8.13. The maximum absolute atomic E-state index is 5.87. The van der Waals surface area contributed by atoms with Crippen LogP contribution in [0.5, 0.6) is 5.75 Å². The summed E-state index contributed by atoms with van der Waals surface area (Å²) in [5, 5.41) is 0. The number of nitrogens with zero attached hydrogens (tertiary/aromatic N) is 2. The zero-order valence-corrected chi connectivity index (χ0v) is 12.0. The summed E-state index contributed by atoms with van der Waals surface area (Å²) in [6.45, 7) is 8.31. The minimum Gasteiger partial charge on any atom is -0.492 e. The lowest BCUT2D eigenvalue weighted by Crippen LogP contribution is -2.45. The summed E-state index contributed by atoms with van der Waals surface area (Å²) in [5.41, 5.74) is 7.00. The molecule has 0 spiro atoms. The minimum absolute atomic E-state index is 0.0566. The molecule has 4 nitrogen and oxygen atoms in total. The van der Waals surface area contributed by atoms with Crippen molar-refractivity contribution in [3.63, 3.8) is 0 Å². The first-order valence-electron chi connectivity index (χ1n) is 7.04. The molecule has 1 aliphatic heterocycles. The second-order valence-electron chi connectivity index (χ2n) is 5.35. The van der Waals surface area contributed by atoms with Crippen LogP contribution in [0.1, 0.15) is 18.5 Å². The SMILES string of the molecule is C[C@@H](N)c1cccc(OCCN2CCN(C)CC2)c1. The number of likely N-dealkylation sites (N-methyl/N-ethyl adjacent to an activating group) is 1. The van der Waals surface area contributed by atoms with Gasteiger partial charge in [0.25, 0.3) is 0 Å². The Labute approximate surface area is 116 Å². The maximum atomic E-state index is 5.87. The van der Waals surface area contributed by atoms with Crippen LogP contribution in [0, 0.1) is 0 Å². The zero-order chi connectivity index (χ0) is 13.7. The number of rotatable bonds is 5. The largest absolute Gasteiger partial charge is 0.492 e. The maximum Gasteiger partial charge on any atom is 0.119 e. The number of hydrogen-bond acceptors (Lipinski definition) is 4. The Morgan fingerprint density at radius 3 is 2.68 bits per heavy atom. The smallest absolute Gasteiger partial charge is 0.119 e. The lowest BCUT2D eigenvalue weighted by molar-refractivity contribution is 0.133. The Bertz CT molecular complexity index is 387. The van der Waals surface area contributed by atoms with E-state index in [9.17, 15) is 0 Å². The second kappa shape index (κ2) is 6.89. The summed E-state index contributed by atoms with van der Waals surface area (Å²) < 4.78 is 5.82. The number of nitrogens with two attached hydrogens (primary N) is 1. The van der Waals surface area contributed by atoms with Gasteiger partial charge in [0.2, 0.25) is 0 Å². The molecule has 1 aromatic carbocycles. The first-order valence-corrected chi connectivity index (χ1v) is 7.04. The van der Waals surface area contributed by atoms with Gasteiger partial charge in [-0.25, -0.2) is 0 Å². The summed E-state index contributed by atoms with van der Waals surface area (Å²) in [5.74, 6) is 0.920. The highest BCUT2D eigenvalue weighted by Crippen LogP contribution is 2.17. The third-order valence-electron chi connectivity index (χ3n) is 3.66. The summed E-state index contributed by atoms with van der Waals surface area (Å²) in [4.78, 5) is 4.82. The topological polar surface area (TPSA) is 41.7 Å². The molecule has 2 rings (SSSR count). The first kappa shape index (κ1) is 14.3. The Hall–Kier alpha value is -1.10. The molecule has 1 fully saturated rings. The van der Waals surface area contributed by atoms with Crippen molar-refractivity contribution in [2.75, 3.05) is 46.4 Å². The van der Waals surface area contributed by atoms with Crippen LogP contribution in [0.2, 0.25) is 0 Å². The van der Waals surface area contributed by atoms with Gasteiger partial charge in [0.15, 0.2) is 0 Å². The highest BCUT2D eigenvalue weighted by atomic mass is 16.5. The van der Waals surface area contributed by atoms with Crippen molar-refractivity contribution >= 4 is 0 Å². The third-order valence-corrected chi connectivity index (χ3v) is 3.66. The lowest BCUT2D eigenvalue weighted by Gasteiger charge is -2.32. The van der Waals surface area contributed by atoms with Gasteiger partial charge in [-0.15, -0.1) is 0 Å². The molecule has 1 aromatic rings. The highest BCUT2D eigenvalue weighted by Gasteiger charge is 2.13. The van der Waals surface area contributed by atoms with Crippen LogP contribution in [0.15, 0.2) is 24.3 Å². The molecule has 1 atom stereocenters. The molecule has 1 saturated heterocycles. The number of hydrogen-bond donors (Lipinski definition) is 1. The van der Waals surface area contributed by atoms with Gasteiger partial charge in [-0.1, -0.05) is 12.1 Å². The molecule has 0 saturated carbocycles. The second-order valence-corrected chi connectivity index (χ2v) is 5.35. The van der Waals surface area contributed by atoms with Gasteiger partial charge in [0.1, 0.15) is 12.4 Å². The van der Waals surface area contributed by atoms with Crippen LogP contribution in [0.3, 0.4) is 0 Å². The normalized spacial score (nSPS) is 19.3. The van der Waals surface area contributed by atoms with E-state index < -0.39 is 0 Å². The number of ether oxygens (including phenoxy) is 1. The molecule has 19 heavy (non-hydrogen) atoms. The average molecular weight is 263 g/mol. The van der Waals surface area contributed by atoms with Crippen LogP contribution in [0.25, 0.3) is 0 Å². The third kappa shape index (κ3) is 4.49. The molecule has 1 heterocycles. The monoisotopic (exact) mass is 263 g/mol. The van der Waals surface area contributed by atoms with Crippen molar-refractivity contribution in [2.24, 2.45) is 5.73 Å². The summed E-state index contributed by atoms with van der Waals surface area (Å²) >= 11 is 0. The van der Waals surface area contributed by atoms with E-state index in [0.29, 0.717) is 0 Å².